The van der Waals surface area contributed by atoms with E-state index in [9.17, 15) is 4.79 Å². The largest absolute Gasteiger partial charge is 0.382 e. The topological polar surface area (TPSA) is 29.5 Å². The molecule has 5 heteroatoms. The maximum absolute atomic E-state index is 11.8. The molecular weight excluding hydrogens is 302 g/mol. The van der Waals surface area contributed by atoms with Crippen LogP contribution < -0.4 is 0 Å². The van der Waals surface area contributed by atoms with E-state index in [1.807, 2.05) is 19.4 Å². The second-order valence-corrected chi connectivity index (χ2v) is 5.69. The third kappa shape index (κ3) is 5.66. The molecule has 1 rings (SSSR count). The third-order valence-corrected chi connectivity index (χ3v) is 4.01. The summed E-state index contributed by atoms with van der Waals surface area (Å²) >= 11 is 5.07. The van der Waals surface area contributed by atoms with Crippen LogP contribution >= 0.6 is 27.3 Å². The van der Waals surface area contributed by atoms with Crippen LogP contribution in [0, 0.1) is 0 Å². The highest BCUT2D eigenvalue weighted by atomic mass is 79.9. The van der Waals surface area contributed by atoms with Crippen LogP contribution in [0.1, 0.15) is 24.6 Å². The van der Waals surface area contributed by atoms with Gasteiger partial charge in [-0.1, -0.05) is 0 Å². The molecule has 0 radical (unpaired) electrons. The molecular formula is C12H18BrNO2S. The summed E-state index contributed by atoms with van der Waals surface area (Å²) in [7, 11) is 1.84. The molecule has 0 N–H and O–H groups in total. The van der Waals surface area contributed by atoms with Crippen LogP contribution in [0.4, 0.5) is 0 Å². The molecule has 0 saturated heterocycles. The molecule has 0 unspecified atom stereocenters. The molecule has 0 aliphatic rings. The molecule has 0 fully saturated rings. The van der Waals surface area contributed by atoms with Gasteiger partial charge in [-0.05, 0) is 35.3 Å². The van der Waals surface area contributed by atoms with Gasteiger partial charge in [-0.2, -0.15) is 0 Å². The first-order valence-electron chi connectivity index (χ1n) is 5.68. The van der Waals surface area contributed by atoms with Gasteiger partial charge in [-0.15, -0.1) is 11.3 Å². The van der Waals surface area contributed by atoms with Crippen molar-refractivity contribution >= 4 is 33.2 Å². The Hall–Kier alpha value is -0.390. The van der Waals surface area contributed by atoms with Gasteiger partial charge in [0.05, 0.1) is 6.54 Å². The van der Waals surface area contributed by atoms with Crippen molar-refractivity contribution in [3.8, 4) is 0 Å². The third-order valence-electron chi connectivity index (χ3n) is 2.32. The lowest BCUT2D eigenvalue weighted by Gasteiger charge is -2.16. The summed E-state index contributed by atoms with van der Waals surface area (Å²) in [5.41, 5.74) is 0. The highest BCUT2D eigenvalue weighted by molar-refractivity contribution is 9.10. The van der Waals surface area contributed by atoms with Gasteiger partial charge >= 0.3 is 0 Å². The zero-order valence-electron chi connectivity index (χ0n) is 10.2. The molecule has 96 valence electrons. The molecule has 1 aromatic heterocycles. The van der Waals surface area contributed by atoms with Crippen LogP contribution in [0.25, 0.3) is 0 Å². The van der Waals surface area contributed by atoms with Crippen LogP contribution in [0.3, 0.4) is 0 Å². The predicted molar refractivity (Wildman–Crippen MR) is 74.2 cm³/mol. The smallest absolute Gasteiger partial charge is 0.222 e. The van der Waals surface area contributed by atoms with Gasteiger partial charge in [-0.3, -0.25) is 4.79 Å². The molecule has 0 spiro atoms. The number of amides is 1. The minimum atomic E-state index is 0.175. The van der Waals surface area contributed by atoms with Crippen molar-refractivity contribution in [2.75, 3.05) is 20.3 Å². The molecule has 1 aromatic rings. The van der Waals surface area contributed by atoms with Gasteiger partial charge < -0.3 is 9.64 Å². The average molecular weight is 320 g/mol. The fourth-order valence-corrected chi connectivity index (χ4v) is 2.92. The van der Waals surface area contributed by atoms with E-state index in [-0.39, 0.29) is 5.91 Å². The van der Waals surface area contributed by atoms with Crippen LogP contribution in [0.15, 0.2) is 15.9 Å². The number of carbonyl (C=O) groups excluding carboxylic acids is 1. The van der Waals surface area contributed by atoms with Gasteiger partial charge in [-0.25, -0.2) is 0 Å². The second-order valence-electron chi connectivity index (χ2n) is 3.78. The van der Waals surface area contributed by atoms with Crippen molar-refractivity contribution in [1.82, 2.24) is 4.90 Å². The van der Waals surface area contributed by atoms with Crippen molar-refractivity contribution in [3.63, 3.8) is 0 Å². The van der Waals surface area contributed by atoms with Gasteiger partial charge in [0.25, 0.3) is 0 Å². The molecule has 17 heavy (non-hydrogen) atoms. The number of thiophene rings is 1. The number of hydrogen-bond donors (Lipinski definition) is 0. The summed E-state index contributed by atoms with van der Waals surface area (Å²) < 4.78 is 6.29. The second kappa shape index (κ2) is 7.84. The zero-order chi connectivity index (χ0) is 12.7. The molecule has 0 aromatic carbocycles. The van der Waals surface area contributed by atoms with Crippen LogP contribution in [0.5, 0.6) is 0 Å². The lowest BCUT2D eigenvalue weighted by atomic mass is 10.3. The lowest BCUT2D eigenvalue weighted by molar-refractivity contribution is -0.130. The van der Waals surface area contributed by atoms with E-state index in [2.05, 4.69) is 22.0 Å². The fraction of sp³-hybridized carbons (Fsp3) is 0.583. The fourth-order valence-electron chi connectivity index (χ4n) is 1.42. The zero-order valence-corrected chi connectivity index (χ0v) is 12.6. The number of rotatable bonds is 7. The maximum Gasteiger partial charge on any atom is 0.222 e. The minimum Gasteiger partial charge on any atom is -0.382 e. The molecule has 0 bridgehead atoms. The molecule has 1 heterocycles. The van der Waals surface area contributed by atoms with Gasteiger partial charge in [0.2, 0.25) is 5.91 Å². The Balaban J connectivity index is 2.27. The highest BCUT2D eigenvalue weighted by Gasteiger charge is 2.09. The van der Waals surface area contributed by atoms with E-state index in [4.69, 9.17) is 4.74 Å². The van der Waals surface area contributed by atoms with E-state index in [1.165, 1.54) is 4.88 Å². The molecule has 0 aliphatic carbocycles. The molecule has 3 nitrogen and oxygen atoms in total. The first-order chi connectivity index (χ1) is 8.13. The van der Waals surface area contributed by atoms with Crippen LogP contribution in [-0.4, -0.2) is 31.1 Å². The Morgan fingerprint density at radius 2 is 2.35 bits per heavy atom. The summed E-state index contributed by atoms with van der Waals surface area (Å²) in [6.45, 7) is 4.03. The Labute approximate surface area is 115 Å². The summed E-state index contributed by atoms with van der Waals surface area (Å²) in [5, 5.41) is 2.03. The molecule has 0 saturated carbocycles. The number of carbonyl (C=O) groups is 1. The van der Waals surface area contributed by atoms with E-state index < -0.39 is 0 Å². The van der Waals surface area contributed by atoms with Gasteiger partial charge in [0, 0.05) is 41.4 Å². The number of nitrogens with zero attached hydrogens (tertiary/aromatic N) is 1. The summed E-state index contributed by atoms with van der Waals surface area (Å²) in [5.74, 6) is 0.175. The first-order valence-corrected chi connectivity index (χ1v) is 7.35. The Morgan fingerprint density at radius 3 is 2.94 bits per heavy atom. The van der Waals surface area contributed by atoms with Crippen molar-refractivity contribution in [2.24, 2.45) is 0 Å². The summed E-state index contributed by atoms with van der Waals surface area (Å²) in [6.07, 6.45) is 1.36. The quantitative estimate of drug-likeness (QED) is 0.722. The first kappa shape index (κ1) is 14.7. The Bertz CT molecular complexity index is 354. The van der Waals surface area contributed by atoms with E-state index in [0.717, 1.165) is 10.9 Å². The molecule has 0 aliphatic heterocycles. The van der Waals surface area contributed by atoms with Crippen molar-refractivity contribution in [1.29, 1.82) is 0 Å². The van der Waals surface area contributed by atoms with Crippen LogP contribution in [0.2, 0.25) is 0 Å². The molecule has 1 amide bonds. The van der Waals surface area contributed by atoms with Crippen molar-refractivity contribution < 1.29 is 9.53 Å². The standard InChI is InChI=1S/C12H18BrNO2S/c1-3-16-6-4-5-12(15)14(2)8-11-7-10(13)9-17-11/h7,9H,3-6,8H2,1-2H3. The van der Waals surface area contributed by atoms with E-state index in [0.29, 0.717) is 26.2 Å². The van der Waals surface area contributed by atoms with Crippen molar-refractivity contribution in [2.45, 2.75) is 26.3 Å². The number of ether oxygens (including phenoxy) is 1. The molecule has 0 atom stereocenters. The van der Waals surface area contributed by atoms with E-state index in [1.54, 1.807) is 16.2 Å². The maximum atomic E-state index is 11.8. The Morgan fingerprint density at radius 1 is 1.59 bits per heavy atom. The van der Waals surface area contributed by atoms with Gasteiger partial charge in [0.15, 0.2) is 0 Å². The summed E-state index contributed by atoms with van der Waals surface area (Å²) in [4.78, 5) is 14.7. The average Bonchev–Trinajstić information content (AvgIpc) is 2.70. The van der Waals surface area contributed by atoms with Crippen LogP contribution in [-0.2, 0) is 16.1 Å². The number of halogens is 1. The lowest BCUT2D eigenvalue weighted by Crippen LogP contribution is -2.25. The summed E-state index contributed by atoms with van der Waals surface area (Å²) in [6, 6.07) is 2.05. The monoisotopic (exact) mass is 319 g/mol. The van der Waals surface area contributed by atoms with E-state index >= 15 is 0 Å². The number of hydrogen-bond acceptors (Lipinski definition) is 3. The normalized spacial score (nSPS) is 10.5. The predicted octanol–water partition coefficient (Wildman–Crippen LogP) is 3.29. The van der Waals surface area contributed by atoms with Crippen molar-refractivity contribution in [3.05, 3.63) is 20.8 Å². The minimum absolute atomic E-state index is 0.175. The highest BCUT2D eigenvalue weighted by Crippen LogP contribution is 2.21. The Kier molecular flexibility index (Phi) is 6.77. The SMILES string of the molecule is CCOCCCC(=O)N(C)Cc1cc(Br)cs1. The van der Waals surface area contributed by atoms with Gasteiger partial charge in [0.1, 0.15) is 0 Å².